The molecule has 0 radical (unpaired) electrons. The van der Waals surface area contributed by atoms with Crippen molar-refractivity contribution in [3.05, 3.63) is 0 Å². The molecular formula is C19H37N3O7. The van der Waals surface area contributed by atoms with Crippen molar-refractivity contribution < 1.29 is 34.8 Å². The molecule has 5 atom stereocenters. The Morgan fingerprint density at radius 3 is 2.14 bits per heavy atom. The Kier molecular flexibility index (Phi) is 8.44. The van der Waals surface area contributed by atoms with Crippen LogP contribution in [0.4, 0.5) is 4.79 Å². The molecule has 1 rings (SSSR count). The van der Waals surface area contributed by atoms with Crippen molar-refractivity contribution in [2.24, 2.45) is 5.41 Å². The van der Waals surface area contributed by atoms with Crippen molar-refractivity contribution >= 4 is 12.0 Å². The van der Waals surface area contributed by atoms with E-state index in [1.807, 2.05) is 20.8 Å². The highest BCUT2D eigenvalue weighted by Crippen LogP contribution is 2.24. The highest BCUT2D eigenvalue weighted by molar-refractivity contribution is 5.79. The number of carbonyl (C=O) groups excluding carboxylic acids is 2. The topological polar surface area (TPSA) is 143 Å². The Morgan fingerprint density at radius 2 is 1.69 bits per heavy atom. The lowest BCUT2D eigenvalue weighted by Gasteiger charge is -2.44. The van der Waals surface area contributed by atoms with Crippen LogP contribution in [0.25, 0.3) is 0 Å². The third kappa shape index (κ3) is 7.07. The molecule has 1 heterocycles. The van der Waals surface area contributed by atoms with E-state index in [2.05, 4.69) is 5.32 Å². The Balaban J connectivity index is 2.91. The van der Waals surface area contributed by atoms with Gasteiger partial charge in [-0.2, -0.15) is 0 Å². The number of hydrogen-bond acceptors (Lipinski definition) is 8. The molecule has 1 aliphatic rings. The molecule has 2 unspecified atom stereocenters. The molecule has 170 valence electrons. The first-order chi connectivity index (χ1) is 13.1. The monoisotopic (exact) mass is 419 g/mol. The van der Waals surface area contributed by atoms with E-state index in [-0.39, 0.29) is 13.1 Å². The molecule has 1 fully saturated rings. The van der Waals surface area contributed by atoms with Gasteiger partial charge in [-0.25, -0.2) is 4.79 Å². The third-order valence-corrected chi connectivity index (χ3v) is 4.73. The van der Waals surface area contributed by atoms with Gasteiger partial charge in [0.25, 0.3) is 0 Å². The quantitative estimate of drug-likeness (QED) is 0.361. The van der Waals surface area contributed by atoms with Gasteiger partial charge >= 0.3 is 6.09 Å². The summed E-state index contributed by atoms with van der Waals surface area (Å²) < 4.78 is 5.31. The van der Waals surface area contributed by atoms with Gasteiger partial charge in [-0.15, -0.1) is 0 Å². The first kappa shape index (κ1) is 25.6. The SMILES string of the molecule is CN(CC(=O)N1C[C@H](O)[C@@H](O)[C@@H](O)C1CO)C(NC(=O)OC(C)(C)C)C(C)(C)C. The fourth-order valence-corrected chi connectivity index (χ4v) is 3.38. The van der Waals surface area contributed by atoms with Gasteiger partial charge in [0, 0.05) is 6.54 Å². The number of rotatable bonds is 5. The lowest BCUT2D eigenvalue weighted by Crippen LogP contribution is -2.65. The highest BCUT2D eigenvalue weighted by atomic mass is 16.6. The molecule has 0 bridgehead atoms. The normalized spacial score (nSPS) is 27.0. The molecule has 2 amide bonds. The van der Waals surface area contributed by atoms with E-state index in [9.17, 15) is 30.0 Å². The van der Waals surface area contributed by atoms with E-state index in [1.54, 1.807) is 32.7 Å². The van der Waals surface area contributed by atoms with Crippen LogP contribution in [0, 0.1) is 5.41 Å². The van der Waals surface area contributed by atoms with Crippen molar-refractivity contribution in [1.29, 1.82) is 0 Å². The number of nitrogens with zero attached hydrogens (tertiary/aromatic N) is 2. The predicted octanol–water partition coefficient (Wildman–Crippen LogP) is -0.899. The molecule has 0 saturated carbocycles. The maximum atomic E-state index is 12.8. The molecule has 0 aromatic rings. The van der Waals surface area contributed by atoms with Gasteiger partial charge in [0.05, 0.1) is 25.4 Å². The largest absolute Gasteiger partial charge is 0.444 e. The summed E-state index contributed by atoms with van der Waals surface area (Å²) in [7, 11) is 1.66. The number of ether oxygens (including phenoxy) is 1. The van der Waals surface area contributed by atoms with Crippen molar-refractivity contribution in [2.75, 3.05) is 26.7 Å². The predicted molar refractivity (Wildman–Crippen MR) is 106 cm³/mol. The summed E-state index contributed by atoms with van der Waals surface area (Å²) in [6.07, 6.45) is -5.39. The van der Waals surface area contributed by atoms with Gasteiger partial charge in [0.2, 0.25) is 5.91 Å². The molecule has 1 saturated heterocycles. The van der Waals surface area contributed by atoms with Crippen LogP contribution < -0.4 is 5.32 Å². The molecule has 0 aliphatic carbocycles. The Hall–Kier alpha value is -1.46. The minimum atomic E-state index is -1.46. The summed E-state index contributed by atoms with van der Waals surface area (Å²) >= 11 is 0. The molecule has 10 heteroatoms. The average molecular weight is 420 g/mol. The number of nitrogens with one attached hydrogen (secondary N) is 1. The number of hydrogen-bond donors (Lipinski definition) is 5. The summed E-state index contributed by atoms with van der Waals surface area (Å²) in [5.41, 5.74) is -1.12. The number of alkyl carbamates (subject to hydrolysis) is 1. The van der Waals surface area contributed by atoms with Gasteiger partial charge in [-0.1, -0.05) is 20.8 Å². The molecular weight excluding hydrogens is 382 g/mol. The Labute approximate surface area is 172 Å². The maximum Gasteiger partial charge on any atom is 0.408 e. The van der Waals surface area contributed by atoms with Crippen LogP contribution in [0.1, 0.15) is 41.5 Å². The summed E-state index contributed by atoms with van der Waals surface area (Å²) in [5.74, 6) is -0.461. The molecule has 5 N–H and O–H groups in total. The number of β-amino-alcohol motifs (C(OH)–C–C–N with tert-alkyl or cyclic N) is 1. The highest BCUT2D eigenvalue weighted by Gasteiger charge is 2.43. The first-order valence-electron chi connectivity index (χ1n) is 9.72. The van der Waals surface area contributed by atoms with Crippen LogP contribution in [0.2, 0.25) is 0 Å². The van der Waals surface area contributed by atoms with Gasteiger partial charge in [0.1, 0.15) is 23.9 Å². The second-order valence-corrected chi connectivity index (χ2v) is 9.67. The van der Waals surface area contributed by atoms with Gasteiger partial charge < -0.3 is 35.4 Å². The van der Waals surface area contributed by atoms with E-state index < -0.39 is 60.1 Å². The summed E-state index contributed by atoms with van der Waals surface area (Å²) in [4.78, 5) is 27.9. The fourth-order valence-electron chi connectivity index (χ4n) is 3.38. The fraction of sp³-hybridized carbons (Fsp3) is 0.895. The molecule has 1 aliphatic heterocycles. The number of carbonyl (C=O) groups is 2. The summed E-state index contributed by atoms with van der Waals surface area (Å²) in [6.45, 7) is 10.0. The Bertz CT molecular complexity index is 573. The maximum absolute atomic E-state index is 12.8. The van der Waals surface area contributed by atoms with Crippen LogP contribution >= 0.6 is 0 Å². The van der Waals surface area contributed by atoms with Crippen molar-refractivity contribution in [3.8, 4) is 0 Å². The van der Waals surface area contributed by atoms with Gasteiger partial charge in [-0.3, -0.25) is 9.69 Å². The second kappa shape index (κ2) is 9.57. The number of aliphatic hydroxyl groups excluding tert-OH is 4. The number of likely N-dealkylation sites (N-methyl/N-ethyl adjacent to an activating group) is 1. The standard InChI is InChI=1S/C19H37N3O7/c1-18(2,3)16(20-17(28)29-19(4,5)6)21(7)9-13(25)22-8-12(24)15(27)14(26)11(22)10-23/h11-12,14-16,23-24,26-27H,8-10H2,1-7H3,(H,20,28)/t11?,12-,14-,15+,16?/m0/s1. The number of aliphatic hydroxyl groups is 4. The van der Waals surface area contributed by atoms with Crippen molar-refractivity contribution in [1.82, 2.24) is 15.1 Å². The third-order valence-electron chi connectivity index (χ3n) is 4.73. The minimum absolute atomic E-state index is 0.149. The zero-order valence-corrected chi connectivity index (χ0v) is 18.4. The van der Waals surface area contributed by atoms with E-state index in [0.29, 0.717) is 0 Å². The number of amides is 2. The molecule has 0 spiro atoms. The number of likely N-dealkylation sites (tertiary alicyclic amines) is 1. The Morgan fingerprint density at radius 1 is 1.14 bits per heavy atom. The first-order valence-corrected chi connectivity index (χ1v) is 9.72. The van der Waals surface area contributed by atoms with E-state index in [1.165, 1.54) is 0 Å². The van der Waals surface area contributed by atoms with Crippen LogP contribution in [0.15, 0.2) is 0 Å². The molecule has 10 nitrogen and oxygen atoms in total. The summed E-state index contributed by atoms with van der Waals surface area (Å²) in [5, 5.41) is 42.1. The smallest absolute Gasteiger partial charge is 0.408 e. The second-order valence-electron chi connectivity index (χ2n) is 9.67. The molecule has 0 aromatic heterocycles. The van der Waals surface area contributed by atoms with Crippen molar-refractivity contribution in [3.63, 3.8) is 0 Å². The molecule has 0 aromatic carbocycles. The molecule has 29 heavy (non-hydrogen) atoms. The minimum Gasteiger partial charge on any atom is -0.444 e. The summed E-state index contributed by atoms with van der Waals surface area (Å²) in [6, 6.07) is -1.03. The van der Waals surface area contributed by atoms with Crippen LogP contribution in [0.3, 0.4) is 0 Å². The van der Waals surface area contributed by atoms with Crippen LogP contribution in [-0.4, -0.2) is 105 Å². The zero-order chi connectivity index (χ0) is 22.7. The van der Waals surface area contributed by atoms with E-state index in [0.717, 1.165) is 4.90 Å². The lowest BCUT2D eigenvalue weighted by molar-refractivity contribution is -0.167. The van der Waals surface area contributed by atoms with Crippen LogP contribution in [-0.2, 0) is 9.53 Å². The van der Waals surface area contributed by atoms with Crippen LogP contribution in [0.5, 0.6) is 0 Å². The number of piperidine rings is 1. The van der Waals surface area contributed by atoms with Gasteiger partial charge in [0.15, 0.2) is 0 Å². The van der Waals surface area contributed by atoms with E-state index in [4.69, 9.17) is 4.74 Å². The van der Waals surface area contributed by atoms with E-state index >= 15 is 0 Å². The average Bonchev–Trinajstić information content (AvgIpc) is 2.54. The van der Waals surface area contributed by atoms with Gasteiger partial charge in [-0.05, 0) is 33.2 Å². The lowest BCUT2D eigenvalue weighted by atomic mass is 9.91. The van der Waals surface area contributed by atoms with Crippen molar-refractivity contribution in [2.45, 2.75) is 77.7 Å². The zero-order valence-electron chi connectivity index (χ0n) is 18.4.